The molecule has 0 saturated heterocycles. The van der Waals surface area contributed by atoms with Gasteiger partial charge in [-0.15, -0.1) is 11.8 Å². The van der Waals surface area contributed by atoms with Gasteiger partial charge >= 0.3 is 0 Å². The summed E-state index contributed by atoms with van der Waals surface area (Å²) >= 11 is 1.65. The Kier molecular flexibility index (Phi) is 5.69. The molecular weight excluding hydrogens is 325 g/mol. The zero-order chi connectivity index (χ0) is 16.6. The third kappa shape index (κ3) is 4.99. The second-order valence-corrected chi connectivity index (χ2v) is 6.01. The fourth-order valence-electron chi connectivity index (χ4n) is 2.01. The van der Waals surface area contributed by atoms with Gasteiger partial charge in [-0.2, -0.15) is 0 Å². The summed E-state index contributed by atoms with van der Waals surface area (Å²) in [6.45, 7) is 0.589. The Morgan fingerprint density at radius 2 is 1.71 bits per heavy atom. The van der Waals surface area contributed by atoms with Crippen LogP contribution in [0.15, 0.2) is 78.0 Å². The van der Waals surface area contributed by atoms with Crippen molar-refractivity contribution < 1.29 is 13.9 Å². The van der Waals surface area contributed by atoms with Crippen LogP contribution in [0.25, 0.3) is 0 Å². The molecule has 0 N–H and O–H groups in total. The highest BCUT2D eigenvalue weighted by Gasteiger charge is 2.01. The molecule has 1 heterocycles. The second kappa shape index (κ2) is 8.36. The van der Waals surface area contributed by atoms with Gasteiger partial charge in [-0.25, -0.2) is 9.37 Å². The standard InChI is InChI=1S/C19H16FNO2S/c20-15-4-3-5-18(14-15)23-17-9-7-16(8-10-17)22-12-13-24-19-6-1-2-11-21-19/h1-11,14H,12-13H2. The summed E-state index contributed by atoms with van der Waals surface area (Å²) in [5, 5.41) is 0.986. The van der Waals surface area contributed by atoms with E-state index in [1.54, 1.807) is 42.2 Å². The van der Waals surface area contributed by atoms with E-state index >= 15 is 0 Å². The molecule has 3 rings (SSSR count). The summed E-state index contributed by atoms with van der Waals surface area (Å²) < 4.78 is 24.4. The summed E-state index contributed by atoms with van der Waals surface area (Å²) in [6.07, 6.45) is 1.78. The van der Waals surface area contributed by atoms with Crippen molar-refractivity contribution in [2.45, 2.75) is 5.03 Å². The molecule has 0 aliphatic carbocycles. The van der Waals surface area contributed by atoms with Gasteiger partial charge in [-0.05, 0) is 48.5 Å². The average Bonchev–Trinajstić information content (AvgIpc) is 2.61. The minimum absolute atomic E-state index is 0.321. The van der Waals surface area contributed by atoms with E-state index in [4.69, 9.17) is 9.47 Å². The lowest BCUT2D eigenvalue weighted by molar-refractivity contribution is 0.343. The Morgan fingerprint density at radius 3 is 2.46 bits per heavy atom. The first-order valence-corrected chi connectivity index (χ1v) is 8.48. The maximum absolute atomic E-state index is 13.1. The van der Waals surface area contributed by atoms with E-state index in [0.29, 0.717) is 18.1 Å². The third-order valence-electron chi connectivity index (χ3n) is 3.10. The normalized spacial score (nSPS) is 10.4. The molecule has 0 unspecified atom stereocenters. The fraction of sp³-hybridized carbons (Fsp3) is 0.105. The van der Waals surface area contributed by atoms with E-state index in [2.05, 4.69) is 4.98 Å². The zero-order valence-electron chi connectivity index (χ0n) is 12.9. The van der Waals surface area contributed by atoms with E-state index in [0.717, 1.165) is 16.5 Å². The van der Waals surface area contributed by atoms with Gasteiger partial charge in [0.1, 0.15) is 23.1 Å². The summed E-state index contributed by atoms with van der Waals surface area (Å²) in [5.74, 6) is 2.37. The predicted molar refractivity (Wildman–Crippen MR) is 93.4 cm³/mol. The van der Waals surface area contributed by atoms with Gasteiger partial charge in [-0.1, -0.05) is 12.1 Å². The van der Waals surface area contributed by atoms with Crippen LogP contribution in [-0.4, -0.2) is 17.3 Å². The number of pyridine rings is 1. The molecule has 0 amide bonds. The summed E-state index contributed by atoms with van der Waals surface area (Å²) in [7, 11) is 0. The number of rotatable bonds is 7. The highest BCUT2D eigenvalue weighted by Crippen LogP contribution is 2.24. The molecule has 3 nitrogen and oxygen atoms in total. The van der Waals surface area contributed by atoms with Crippen LogP contribution >= 0.6 is 11.8 Å². The maximum Gasteiger partial charge on any atom is 0.130 e. The van der Waals surface area contributed by atoms with Crippen LogP contribution in [0, 0.1) is 5.82 Å². The monoisotopic (exact) mass is 341 g/mol. The highest BCUT2D eigenvalue weighted by atomic mass is 32.2. The van der Waals surface area contributed by atoms with Crippen LogP contribution in [0.3, 0.4) is 0 Å². The van der Waals surface area contributed by atoms with Crippen molar-refractivity contribution in [1.29, 1.82) is 0 Å². The van der Waals surface area contributed by atoms with E-state index in [-0.39, 0.29) is 5.82 Å². The third-order valence-corrected chi connectivity index (χ3v) is 4.00. The van der Waals surface area contributed by atoms with Gasteiger partial charge in [0.15, 0.2) is 0 Å². The predicted octanol–water partition coefficient (Wildman–Crippen LogP) is 5.18. The van der Waals surface area contributed by atoms with E-state index < -0.39 is 0 Å². The van der Waals surface area contributed by atoms with Crippen LogP contribution in [0.1, 0.15) is 0 Å². The van der Waals surface area contributed by atoms with Crippen molar-refractivity contribution >= 4 is 11.8 Å². The van der Waals surface area contributed by atoms with Crippen molar-refractivity contribution in [1.82, 2.24) is 4.98 Å². The number of halogens is 1. The SMILES string of the molecule is Fc1cccc(Oc2ccc(OCCSc3ccccn3)cc2)c1. The van der Waals surface area contributed by atoms with Crippen LogP contribution in [0.2, 0.25) is 0 Å². The van der Waals surface area contributed by atoms with Crippen molar-refractivity contribution in [2.24, 2.45) is 0 Å². The Bertz CT molecular complexity index is 766. The highest BCUT2D eigenvalue weighted by molar-refractivity contribution is 7.99. The molecule has 122 valence electrons. The molecule has 3 aromatic rings. The molecule has 0 radical (unpaired) electrons. The summed E-state index contributed by atoms with van der Waals surface area (Å²) in [6, 6.07) is 19.2. The Morgan fingerprint density at radius 1 is 0.875 bits per heavy atom. The lowest BCUT2D eigenvalue weighted by atomic mass is 10.3. The maximum atomic E-state index is 13.1. The number of hydrogen-bond donors (Lipinski definition) is 0. The number of ether oxygens (including phenoxy) is 2. The lowest BCUT2D eigenvalue weighted by Crippen LogP contribution is -2.00. The average molecular weight is 341 g/mol. The van der Waals surface area contributed by atoms with Crippen LogP contribution < -0.4 is 9.47 Å². The molecular formula is C19H16FNO2S. The first-order valence-electron chi connectivity index (χ1n) is 7.50. The number of aromatic nitrogens is 1. The number of thioether (sulfide) groups is 1. The molecule has 0 spiro atoms. The molecule has 24 heavy (non-hydrogen) atoms. The number of hydrogen-bond acceptors (Lipinski definition) is 4. The van der Waals surface area contributed by atoms with Crippen molar-refractivity contribution in [3.63, 3.8) is 0 Å². The molecule has 0 aliphatic rings. The molecule has 0 atom stereocenters. The quantitative estimate of drug-likeness (QED) is 0.437. The summed E-state index contributed by atoms with van der Waals surface area (Å²) in [4.78, 5) is 4.25. The van der Waals surface area contributed by atoms with Gasteiger partial charge in [0.2, 0.25) is 0 Å². The molecule has 0 bridgehead atoms. The number of benzene rings is 2. The Hall–Kier alpha value is -2.53. The minimum Gasteiger partial charge on any atom is -0.493 e. The van der Waals surface area contributed by atoms with Crippen molar-refractivity contribution in [2.75, 3.05) is 12.4 Å². The smallest absolute Gasteiger partial charge is 0.130 e. The van der Waals surface area contributed by atoms with Crippen LogP contribution in [-0.2, 0) is 0 Å². The first kappa shape index (κ1) is 16.3. The lowest BCUT2D eigenvalue weighted by Gasteiger charge is -2.08. The number of nitrogens with zero attached hydrogens (tertiary/aromatic N) is 1. The van der Waals surface area contributed by atoms with Crippen molar-refractivity contribution in [3.05, 3.63) is 78.7 Å². The van der Waals surface area contributed by atoms with Gasteiger partial charge in [0.05, 0.1) is 11.6 Å². The van der Waals surface area contributed by atoms with Gasteiger partial charge in [0.25, 0.3) is 0 Å². The Labute approximate surface area is 144 Å². The Balaban J connectivity index is 1.46. The molecule has 1 aromatic heterocycles. The zero-order valence-corrected chi connectivity index (χ0v) is 13.7. The second-order valence-electron chi connectivity index (χ2n) is 4.90. The molecule has 0 aliphatic heterocycles. The topological polar surface area (TPSA) is 31.4 Å². The van der Waals surface area contributed by atoms with E-state index in [9.17, 15) is 4.39 Å². The van der Waals surface area contributed by atoms with Crippen molar-refractivity contribution in [3.8, 4) is 17.2 Å². The van der Waals surface area contributed by atoms with Crippen LogP contribution in [0.4, 0.5) is 4.39 Å². The van der Waals surface area contributed by atoms with E-state index in [1.165, 1.54) is 12.1 Å². The molecule has 5 heteroatoms. The largest absolute Gasteiger partial charge is 0.493 e. The molecule has 0 fully saturated rings. The van der Waals surface area contributed by atoms with E-state index in [1.807, 2.05) is 30.3 Å². The van der Waals surface area contributed by atoms with Crippen LogP contribution in [0.5, 0.6) is 17.2 Å². The van der Waals surface area contributed by atoms with Gasteiger partial charge < -0.3 is 9.47 Å². The molecule has 0 saturated carbocycles. The van der Waals surface area contributed by atoms with Gasteiger partial charge in [-0.3, -0.25) is 0 Å². The first-order chi connectivity index (χ1) is 11.8. The molecule has 2 aromatic carbocycles. The fourth-order valence-corrected chi connectivity index (χ4v) is 2.69. The minimum atomic E-state index is -0.321. The summed E-state index contributed by atoms with van der Waals surface area (Å²) in [5.41, 5.74) is 0. The van der Waals surface area contributed by atoms with Gasteiger partial charge in [0, 0.05) is 18.0 Å².